The van der Waals surface area contributed by atoms with Crippen molar-refractivity contribution in [3.05, 3.63) is 64.4 Å². The molecule has 9 heteroatoms. The normalized spacial score (nSPS) is 17.8. The number of piperidine rings is 1. The molecule has 2 aromatic carbocycles. The summed E-state index contributed by atoms with van der Waals surface area (Å²) in [5.74, 6) is -1.52. The van der Waals surface area contributed by atoms with Gasteiger partial charge >= 0.3 is 0 Å². The number of nitrogens with zero attached hydrogens (tertiary/aromatic N) is 1. The zero-order valence-corrected chi connectivity index (χ0v) is 17.3. The van der Waals surface area contributed by atoms with Crippen molar-refractivity contribution in [3.8, 4) is 0 Å². The zero-order valence-electron chi connectivity index (χ0n) is 15.8. The van der Waals surface area contributed by atoms with E-state index in [1.807, 2.05) is 12.1 Å². The minimum atomic E-state index is -3.76. The molecule has 1 amide bonds. The number of hydrogen-bond acceptors (Lipinski definition) is 4. The molecule has 0 unspecified atom stereocenters. The van der Waals surface area contributed by atoms with Crippen molar-refractivity contribution in [2.75, 3.05) is 17.8 Å². The standard InChI is InChI=1S/C20H23ClFN3O3S/c21-17-8-7-14(10-18(17)22)13-29(27,28)24-19-6-2-1-4-15(19)11-25-9-3-5-16(12-25)20(23)26/h1-2,4,6-8,10,16,24H,3,5,9,11-13H2,(H2,23,26)/t16-/m1/s1. The molecule has 0 bridgehead atoms. The number of primary amides is 1. The Balaban J connectivity index is 1.72. The van der Waals surface area contributed by atoms with Crippen molar-refractivity contribution in [2.24, 2.45) is 11.7 Å². The Hall–Kier alpha value is -2.16. The average Bonchev–Trinajstić information content (AvgIpc) is 2.66. The third-order valence-corrected chi connectivity index (χ3v) is 6.48. The number of carbonyl (C=O) groups excluding carboxylic acids is 1. The van der Waals surface area contributed by atoms with E-state index in [-0.39, 0.29) is 22.6 Å². The molecule has 1 aliphatic rings. The molecule has 1 heterocycles. The van der Waals surface area contributed by atoms with Crippen molar-refractivity contribution in [2.45, 2.75) is 25.1 Å². The van der Waals surface area contributed by atoms with Crippen LogP contribution >= 0.6 is 11.6 Å². The van der Waals surface area contributed by atoms with E-state index in [0.29, 0.717) is 24.3 Å². The van der Waals surface area contributed by atoms with Gasteiger partial charge < -0.3 is 5.73 Å². The molecule has 0 spiro atoms. The Morgan fingerprint density at radius 1 is 1.28 bits per heavy atom. The van der Waals surface area contributed by atoms with Crippen LogP contribution in [0.1, 0.15) is 24.0 Å². The number of hydrogen-bond donors (Lipinski definition) is 2. The highest BCUT2D eigenvalue weighted by atomic mass is 35.5. The van der Waals surface area contributed by atoms with Crippen LogP contribution in [0, 0.1) is 11.7 Å². The zero-order chi connectivity index (χ0) is 21.0. The van der Waals surface area contributed by atoms with Crippen molar-refractivity contribution in [1.29, 1.82) is 0 Å². The van der Waals surface area contributed by atoms with Gasteiger partial charge in [-0.15, -0.1) is 0 Å². The number of para-hydroxylation sites is 1. The van der Waals surface area contributed by atoms with Crippen LogP contribution in [-0.4, -0.2) is 32.3 Å². The van der Waals surface area contributed by atoms with Gasteiger partial charge in [-0.05, 0) is 48.7 Å². The van der Waals surface area contributed by atoms with Gasteiger partial charge in [-0.3, -0.25) is 14.4 Å². The van der Waals surface area contributed by atoms with Gasteiger partial charge in [0.15, 0.2) is 0 Å². The molecule has 6 nitrogen and oxygen atoms in total. The van der Waals surface area contributed by atoms with Crippen LogP contribution in [-0.2, 0) is 27.1 Å². The molecular formula is C20H23ClFN3O3S. The summed E-state index contributed by atoms with van der Waals surface area (Å²) >= 11 is 5.65. The molecule has 1 atom stereocenters. The van der Waals surface area contributed by atoms with E-state index in [2.05, 4.69) is 9.62 Å². The molecule has 3 rings (SSSR count). The Labute approximate surface area is 174 Å². The van der Waals surface area contributed by atoms with Gasteiger partial charge in [0.25, 0.3) is 0 Å². The first-order valence-corrected chi connectivity index (χ1v) is 11.3. The van der Waals surface area contributed by atoms with E-state index < -0.39 is 15.8 Å². The van der Waals surface area contributed by atoms with E-state index in [4.69, 9.17) is 17.3 Å². The van der Waals surface area contributed by atoms with Crippen molar-refractivity contribution >= 4 is 33.2 Å². The Kier molecular flexibility index (Phi) is 6.77. The quantitative estimate of drug-likeness (QED) is 0.693. The molecule has 1 saturated heterocycles. The number of amides is 1. The monoisotopic (exact) mass is 439 g/mol. The van der Waals surface area contributed by atoms with E-state index in [9.17, 15) is 17.6 Å². The lowest BCUT2D eigenvalue weighted by Gasteiger charge is -2.31. The maximum Gasteiger partial charge on any atom is 0.236 e. The second kappa shape index (κ2) is 9.11. The molecule has 156 valence electrons. The highest BCUT2D eigenvalue weighted by Gasteiger charge is 2.24. The highest BCUT2D eigenvalue weighted by Crippen LogP contribution is 2.24. The summed E-state index contributed by atoms with van der Waals surface area (Å²) in [6.07, 6.45) is 1.64. The van der Waals surface area contributed by atoms with Gasteiger partial charge in [0.2, 0.25) is 15.9 Å². The molecule has 29 heavy (non-hydrogen) atoms. The lowest BCUT2D eigenvalue weighted by atomic mass is 9.97. The fraction of sp³-hybridized carbons (Fsp3) is 0.350. The van der Waals surface area contributed by atoms with Crippen LogP contribution < -0.4 is 10.5 Å². The van der Waals surface area contributed by atoms with Crippen LogP contribution in [0.15, 0.2) is 42.5 Å². The number of rotatable bonds is 7. The number of halogens is 2. The molecule has 0 saturated carbocycles. The van der Waals surface area contributed by atoms with Crippen LogP contribution in [0.3, 0.4) is 0 Å². The minimum absolute atomic E-state index is 0.0553. The smallest absolute Gasteiger partial charge is 0.236 e. The Morgan fingerprint density at radius 2 is 2.03 bits per heavy atom. The molecular weight excluding hydrogens is 417 g/mol. The maximum atomic E-state index is 13.6. The predicted octanol–water partition coefficient (Wildman–Crippen LogP) is 3.12. The molecule has 1 aliphatic heterocycles. The average molecular weight is 440 g/mol. The second-order valence-electron chi connectivity index (χ2n) is 7.24. The number of anilines is 1. The first kappa shape index (κ1) is 21.5. The van der Waals surface area contributed by atoms with Gasteiger partial charge in [-0.2, -0.15) is 0 Å². The fourth-order valence-corrected chi connectivity index (χ4v) is 4.82. The molecule has 3 N–H and O–H groups in total. The number of carbonyl (C=O) groups is 1. The molecule has 0 radical (unpaired) electrons. The van der Waals surface area contributed by atoms with Crippen molar-refractivity contribution < 1.29 is 17.6 Å². The SMILES string of the molecule is NC(=O)[C@@H]1CCCN(Cc2ccccc2NS(=O)(=O)Cc2ccc(Cl)c(F)c2)C1. The second-order valence-corrected chi connectivity index (χ2v) is 9.37. The number of benzene rings is 2. The number of sulfonamides is 1. The number of nitrogens with one attached hydrogen (secondary N) is 1. The van der Waals surface area contributed by atoms with Crippen LogP contribution in [0.25, 0.3) is 0 Å². The van der Waals surface area contributed by atoms with Crippen LogP contribution in [0.4, 0.5) is 10.1 Å². The predicted molar refractivity (Wildman–Crippen MR) is 111 cm³/mol. The summed E-state index contributed by atoms with van der Waals surface area (Å²) in [6, 6.07) is 11.0. The largest absolute Gasteiger partial charge is 0.369 e. The highest BCUT2D eigenvalue weighted by molar-refractivity contribution is 7.91. The minimum Gasteiger partial charge on any atom is -0.369 e. The molecule has 0 aromatic heterocycles. The fourth-order valence-electron chi connectivity index (χ4n) is 3.48. The summed E-state index contributed by atoms with van der Waals surface area (Å²) in [5, 5.41) is -0.0553. The number of nitrogens with two attached hydrogens (primary N) is 1. The Morgan fingerprint density at radius 3 is 2.76 bits per heavy atom. The lowest BCUT2D eigenvalue weighted by Crippen LogP contribution is -2.40. The summed E-state index contributed by atoms with van der Waals surface area (Å²) in [5.41, 5.74) is 7.00. The first-order chi connectivity index (χ1) is 13.7. The first-order valence-electron chi connectivity index (χ1n) is 9.27. The van der Waals surface area contributed by atoms with Gasteiger partial charge in [0.05, 0.1) is 22.4 Å². The van der Waals surface area contributed by atoms with E-state index in [1.165, 1.54) is 12.1 Å². The Bertz CT molecular complexity index is 1000. The third-order valence-electron chi connectivity index (χ3n) is 4.93. The summed E-state index contributed by atoms with van der Waals surface area (Å²) in [4.78, 5) is 13.6. The molecule has 2 aromatic rings. The summed E-state index contributed by atoms with van der Waals surface area (Å²) < 4.78 is 41.4. The van der Waals surface area contributed by atoms with Crippen LogP contribution in [0.2, 0.25) is 5.02 Å². The summed E-state index contributed by atoms with van der Waals surface area (Å²) in [7, 11) is -3.76. The van der Waals surface area contributed by atoms with Gasteiger partial charge in [0, 0.05) is 13.1 Å². The van der Waals surface area contributed by atoms with Gasteiger partial charge in [0.1, 0.15) is 5.82 Å². The van der Waals surface area contributed by atoms with Crippen LogP contribution in [0.5, 0.6) is 0 Å². The molecule has 0 aliphatic carbocycles. The van der Waals surface area contributed by atoms with E-state index >= 15 is 0 Å². The van der Waals surface area contributed by atoms with Crippen molar-refractivity contribution in [3.63, 3.8) is 0 Å². The topological polar surface area (TPSA) is 92.5 Å². The van der Waals surface area contributed by atoms with E-state index in [0.717, 1.165) is 31.0 Å². The van der Waals surface area contributed by atoms with E-state index in [1.54, 1.807) is 12.1 Å². The third kappa shape index (κ3) is 5.91. The maximum absolute atomic E-state index is 13.6. The summed E-state index contributed by atoms with van der Waals surface area (Å²) in [6.45, 7) is 1.87. The number of likely N-dealkylation sites (tertiary alicyclic amines) is 1. The van der Waals surface area contributed by atoms with Gasteiger partial charge in [-0.1, -0.05) is 35.9 Å². The van der Waals surface area contributed by atoms with Gasteiger partial charge in [-0.25, -0.2) is 12.8 Å². The van der Waals surface area contributed by atoms with Crippen molar-refractivity contribution in [1.82, 2.24) is 4.90 Å². The molecule has 1 fully saturated rings. The lowest BCUT2D eigenvalue weighted by molar-refractivity contribution is -0.123.